The third-order valence-corrected chi connectivity index (χ3v) is 1.62. The quantitative estimate of drug-likeness (QED) is 0.555. The molecule has 0 aliphatic heterocycles. The van der Waals surface area contributed by atoms with Crippen molar-refractivity contribution in [2.45, 2.75) is 13.3 Å². The molecule has 0 amide bonds. The van der Waals surface area contributed by atoms with E-state index in [2.05, 4.69) is 9.97 Å². The van der Waals surface area contributed by atoms with Gasteiger partial charge >= 0.3 is 0 Å². The number of carbonyl (C=O) groups is 1. The highest BCUT2D eigenvalue weighted by atomic mass is 16.2. The Labute approximate surface area is 76.0 Å². The van der Waals surface area contributed by atoms with Crippen LogP contribution in [0.1, 0.15) is 12.5 Å². The fraction of sp³-hybridized carbons (Fsp3) is 0.222. The number of aliphatic hydroxyl groups is 1. The van der Waals surface area contributed by atoms with E-state index in [4.69, 9.17) is 5.11 Å². The first kappa shape index (κ1) is 9.38. The van der Waals surface area contributed by atoms with Gasteiger partial charge in [-0.25, -0.2) is 9.97 Å². The Morgan fingerprint density at radius 1 is 1.54 bits per heavy atom. The summed E-state index contributed by atoms with van der Waals surface area (Å²) in [6.45, 7) is 1.41. The number of Topliss-reactive ketones (excluding diaryl/α,β-unsaturated/α-hetero) is 1. The van der Waals surface area contributed by atoms with Crippen LogP contribution in [-0.4, -0.2) is 20.9 Å². The molecule has 1 aromatic heterocycles. The number of allylic oxidation sites excluding steroid dienone is 1. The topological polar surface area (TPSA) is 63.1 Å². The first-order valence-electron chi connectivity index (χ1n) is 3.82. The molecule has 0 atom stereocenters. The summed E-state index contributed by atoms with van der Waals surface area (Å²) in [5.74, 6) is -0.147. The van der Waals surface area contributed by atoms with E-state index in [1.165, 1.54) is 13.3 Å². The van der Waals surface area contributed by atoms with E-state index in [0.29, 0.717) is 12.0 Å². The number of aliphatic hydroxyl groups excluding tert-OH is 1. The molecule has 0 aliphatic rings. The van der Waals surface area contributed by atoms with Crippen molar-refractivity contribution in [3.8, 4) is 0 Å². The highest BCUT2D eigenvalue weighted by molar-refractivity contribution is 5.93. The van der Waals surface area contributed by atoms with Crippen LogP contribution < -0.4 is 0 Å². The number of rotatable bonds is 3. The van der Waals surface area contributed by atoms with Crippen molar-refractivity contribution < 1.29 is 9.90 Å². The van der Waals surface area contributed by atoms with Gasteiger partial charge in [-0.3, -0.25) is 4.79 Å². The number of nitrogens with zero attached hydrogens (tertiary/aromatic N) is 2. The van der Waals surface area contributed by atoms with Crippen molar-refractivity contribution in [2.75, 3.05) is 0 Å². The summed E-state index contributed by atoms with van der Waals surface area (Å²) in [6.07, 6.45) is 5.83. The molecule has 4 nitrogen and oxygen atoms in total. The Bertz CT molecular complexity index is 320. The normalized spacial score (nSPS) is 11.3. The molecule has 13 heavy (non-hydrogen) atoms. The van der Waals surface area contributed by atoms with E-state index < -0.39 is 0 Å². The van der Waals surface area contributed by atoms with Gasteiger partial charge < -0.3 is 5.11 Å². The van der Waals surface area contributed by atoms with Crippen LogP contribution in [0, 0.1) is 0 Å². The molecule has 0 spiro atoms. The van der Waals surface area contributed by atoms with Crippen molar-refractivity contribution in [3.05, 3.63) is 36.1 Å². The summed E-state index contributed by atoms with van der Waals surface area (Å²) in [6, 6.07) is 0. The fourth-order valence-corrected chi connectivity index (χ4v) is 0.902. The minimum Gasteiger partial charge on any atom is -0.515 e. The molecule has 1 heterocycles. The van der Waals surface area contributed by atoms with E-state index in [1.54, 1.807) is 12.4 Å². The summed E-state index contributed by atoms with van der Waals surface area (Å²) < 4.78 is 0. The second-order valence-corrected chi connectivity index (χ2v) is 2.63. The van der Waals surface area contributed by atoms with E-state index >= 15 is 0 Å². The molecule has 1 aromatic rings. The summed E-state index contributed by atoms with van der Waals surface area (Å²) in [7, 11) is 0. The maximum Gasteiger partial charge on any atom is 0.159 e. The van der Waals surface area contributed by atoms with Crippen molar-refractivity contribution in [3.63, 3.8) is 0 Å². The molecule has 0 bridgehead atoms. The first-order valence-corrected chi connectivity index (χ1v) is 3.82. The van der Waals surface area contributed by atoms with Crippen molar-refractivity contribution >= 4 is 5.78 Å². The Hall–Kier alpha value is -1.71. The molecule has 0 saturated heterocycles. The second kappa shape index (κ2) is 4.35. The van der Waals surface area contributed by atoms with Crippen LogP contribution in [-0.2, 0) is 11.2 Å². The summed E-state index contributed by atoms with van der Waals surface area (Å²) >= 11 is 0. The van der Waals surface area contributed by atoms with Crippen molar-refractivity contribution in [2.24, 2.45) is 0 Å². The predicted octanol–water partition coefficient (Wildman–Crippen LogP) is 1.05. The lowest BCUT2D eigenvalue weighted by Crippen LogP contribution is -2.01. The molecule has 4 heteroatoms. The zero-order valence-corrected chi connectivity index (χ0v) is 7.27. The third-order valence-electron chi connectivity index (χ3n) is 1.62. The van der Waals surface area contributed by atoms with E-state index in [1.807, 2.05) is 0 Å². The van der Waals surface area contributed by atoms with Crippen LogP contribution >= 0.6 is 0 Å². The monoisotopic (exact) mass is 178 g/mol. The Morgan fingerprint density at radius 2 is 2.15 bits per heavy atom. The molecular weight excluding hydrogens is 168 g/mol. The highest BCUT2D eigenvalue weighted by Crippen LogP contribution is 2.05. The molecule has 0 fully saturated rings. The number of hydrogen-bond acceptors (Lipinski definition) is 4. The zero-order chi connectivity index (χ0) is 9.68. The fourth-order valence-electron chi connectivity index (χ4n) is 0.902. The second-order valence-electron chi connectivity index (χ2n) is 2.63. The Balaban J connectivity index is 2.74. The largest absolute Gasteiger partial charge is 0.515 e. The molecule has 0 aromatic carbocycles. The van der Waals surface area contributed by atoms with Gasteiger partial charge in [-0.05, 0) is 12.5 Å². The maximum atomic E-state index is 10.9. The lowest BCUT2D eigenvalue weighted by Gasteiger charge is -2.00. The minimum absolute atomic E-state index is 0.147. The predicted molar refractivity (Wildman–Crippen MR) is 47.1 cm³/mol. The molecule has 0 saturated carbocycles. The lowest BCUT2D eigenvalue weighted by atomic mass is 10.1. The van der Waals surface area contributed by atoms with Gasteiger partial charge in [-0.15, -0.1) is 0 Å². The smallest absolute Gasteiger partial charge is 0.159 e. The zero-order valence-electron chi connectivity index (χ0n) is 7.27. The van der Waals surface area contributed by atoms with Gasteiger partial charge in [0.1, 0.15) is 6.33 Å². The summed E-state index contributed by atoms with van der Waals surface area (Å²) in [5, 5.41) is 8.73. The lowest BCUT2D eigenvalue weighted by molar-refractivity contribution is -0.113. The van der Waals surface area contributed by atoms with Gasteiger partial charge in [0, 0.05) is 24.4 Å². The van der Waals surface area contributed by atoms with E-state index in [0.717, 1.165) is 11.8 Å². The number of aromatic nitrogens is 2. The van der Waals surface area contributed by atoms with Gasteiger partial charge in [-0.2, -0.15) is 0 Å². The van der Waals surface area contributed by atoms with Crippen LogP contribution in [0.4, 0.5) is 0 Å². The minimum atomic E-state index is -0.147. The van der Waals surface area contributed by atoms with Crippen LogP contribution in [0.25, 0.3) is 0 Å². The molecule has 68 valence electrons. The van der Waals surface area contributed by atoms with E-state index in [-0.39, 0.29) is 5.78 Å². The van der Waals surface area contributed by atoms with Gasteiger partial charge in [0.25, 0.3) is 0 Å². The summed E-state index contributed by atoms with van der Waals surface area (Å²) in [5.41, 5.74) is 1.16. The molecule has 0 unspecified atom stereocenters. The Morgan fingerprint density at radius 3 is 2.62 bits per heavy atom. The average Bonchev–Trinajstić information content (AvgIpc) is 2.15. The van der Waals surface area contributed by atoms with Crippen LogP contribution in [0.15, 0.2) is 30.6 Å². The SMILES string of the molecule is CC(=O)/C(=C\O)Cc1cncnc1. The molecule has 0 aliphatic carbocycles. The highest BCUT2D eigenvalue weighted by Gasteiger charge is 2.04. The van der Waals surface area contributed by atoms with Crippen molar-refractivity contribution in [1.29, 1.82) is 0 Å². The van der Waals surface area contributed by atoms with E-state index in [9.17, 15) is 4.79 Å². The standard InChI is InChI=1S/C9H10N2O2/c1-7(13)9(5-12)2-8-3-10-6-11-4-8/h3-6,12H,2H2,1H3/b9-5-. The van der Waals surface area contributed by atoms with Crippen LogP contribution in [0.2, 0.25) is 0 Å². The summed E-state index contributed by atoms with van der Waals surface area (Å²) in [4.78, 5) is 18.5. The molecular formula is C9H10N2O2. The van der Waals surface area contributed by atoms with Crippen LogP contribution in [0.5, 0.6) is 0 Å². The molecule has 0 radical (unpaired) electrons. The maximum absolute atomic E-state index is 10.9. The van der Waals surface area contributed by atoms with Gasteiger partial charge in [-0.1, -0.05) is 0 Å². The van der Waals surface area contributed by atoms with Gasteiger partial charge in [0.05, 0.1) is 6.26 Å². The molecule has 1 rings (SSSR count). The Kier molecular flexibility index (Phi) is 3.14. The van der Waals surface area contributed by atoms with Gasteiger partial charge in [0.2, 0.25) is 0 Å². The third kappa shape index (κ3) is 2.66. The van der Waals surface area contributed by atoms with Crippen molar-refractivity contribution in [1.82, 2.24) is 9.97 Å². The first-order chi connectivity index (χ1) is 6.24. The number of ketones is 1. The van der Waals surface area contributed by atoms with Crippen LogP contribution in [0.3, 0.4) is 0 Å². The molecule has 1 N–H and O–H groups in total. The number of carbonyl (C=O) groups excluding carboxylic acids is 1. The van der Waals surface area contributed by atoms with Gasteiger partial charge in [0.15, 0.2) is 5.78 Å². The number of hydrogen-bond donors (Lipinski definition) is 1. The average molecular weight is 178 g/mol.